The highest BCUT2D eigenvalue weighted by Gasteiger charge is 2.12. The van der Waals surface area contributed by atoms with Crippen LogP contribution in [0.4, 0.5) is 4.39 Å². The second-order valence-electron chi connectivity index (χ2n) is 4.73. The molecule has 2 heterocycles. The second kappa shape index (κ2) is 4.56. The molecule has 2 aromatic heterocycles. The van der Waals surface area contributed by atoms with Crippen LogP contribution in [-0.4, -0.2) is 19.9 Å². The number of nitrogens with zero attached hydrogens (tertiary/aromatic N) is 2. The topological polar surface area (TPSA) is 57.4 Å². The van der Waals surface area contributed by atoms with Crippen LogP contribution in [0.3, 0.4) is 0 Å². The summed E-state index contributed by atoms with van der Waals surface area (Å²) in [5.41, 5.74) is 3.28. The summed E-state index contributed by atoms with van der Waals surface area (Å²) in [4.78, 5) is 15.1. The van der Waals surface area contributed by atoms with Crippen molar-refractivity contribution in [3.63, 3.8) is 0 Å². The zero-order chi connectivity index (χ0) is 14.2. The molecule has 0 aliphatic heterocycles. The number of nitrogens with one attached hydrogen (secondary N) is 2. The van der Waals surface area contributed by atoms with Gasteiger partial charge in [-0.05, 0) is 18.2 Å². The molecule has 2 aromatic carbocycles. The van der Waals surface area contributed by atoms with Crippen molar-refractivity contribution in [1.29, 1.82) is 0 Å². The van der Waals surface area contributed by atoms with E-state index in [4.69, 9.17) is 0 Å². The van der Waals surface area contributed by atoms with Crippen molar-refractivity contribution in [1.82, 2.24) is 19.9 Å². The maximum absolute atomic E-state index is 13.3. The highest BCUT2D eigenvalue weighted by Crippen LogP contribution is 2.29. The van der Waals surface area contributed by atoms with Crippen LogP contribution in [0, 0.1) is 5.82 Å². The lowest BCUT2D eigenvalue weighted by Gasteiger charge is -2.04. The average molecular weight is 278 g/mol. The van der Waals surface area contributed by atoms with Crippen molar-refractivity contribution >= 4 is 11.0 Å². The zero-order valence-electron chi connectivity index (χ0n) is 11.0. The van der Waals surface area contributed by atoms with E-state index >= 15 is 0 Å². The van der Waals surface area contributed by atoms with Gasteiger partial charge in [-0.3, -0.25) is 0 Å². The summed E-state index contributed by atoms with van der Waals surface area (Å²) >= 11 is 0. The molecule has 0 atom stereocenters. The maximum atomic E-state index is 13.3. The van der Waals surface area contributed by atoms with Crippen molar-refractivity contribution in [3.8, 4) is 22.8 Å². The Morgan fingerprint density at radius 1 is 0.952 bits per heavy atom. The third-order valence-electron chi connectivity index (χ3n) is 3.38. The molecule has 0 unspecified atom stereocenters. The fraction of sp³-hybridized carbons (Fsp3) is 0. The molecule has 0 radical (unpaired) electrons. The molecule has 21 heavy (non-hydrogen) atoms. The first kappa shape index (κ1) is 11.8. The van der Waals surface area contributed by atoms with Gasteiger partial charge in [-0.15, -0.1) is 0 Å². The van der Waals surface area contributed by atoms with E-state index in [1.54, 1.807) is 18.5 Å². The lowest BCUT2D eigenvalue weighted by atomic mass is 10.1. The van der Waals surface area contributed by atoms with E-state index in [2.05, 4.69) is 19.9 Å². The summed E-state index contributed by atoms with van der Waals surface area (Å²) in [6.07, 6.45) is 3.49. The van der Waals surface area contributed by atoms with Crippen LogP contribution in [0.1, 0.15) is 0 Å². The minimum Gasteiger partial charge on any atom is -0.345 e. The van der Waals surface area contributed by atoms with Crippen LogP contribution in [0.25, 0.3) is 33.8 Å². The van der Waals surface area contributed by atoms with Crippen molar-refractivity contribution < 1.29 is 4.39 Å². The zero-order valence-corrected chi connectivity index (χ0v) is 11.0. The van der Waals surface area contributed by atoms with Crippen LogP contribution >= 0.6 is 0 Å². The SMILES string of the molecule is Fc1ccc2nc(-c3ccccc3-c3ncc[nH]3)[nH]c2c1. The maximum Gasteiger partial charge on any atom is 0.139 e. The summed E-state index contributed by atoms with van der Waals surface area (Å²) in [6, 6.07) is 12.3. The third kappa shape index (κ3) is 1.99. The second-order valence-corrected chi connectivity index (χ2v) is 4.73. The lowest BCUT2D eigenvalue weighted by Crippen LogP contribution is -1.88. The molecule has 0 bridgehead atoms. The summed E-state index contributed by atoms with van der Waals surface area (Å²) in [5.74, 6) is 1.19. The van der Waals surface area contributed by atoms with E-state index in [-0.39, 0.29) is 5.82 Å². The fourth-order valence-electron chi connectivity index (χ4n) is 2.42. The number of benzene rings is 2. The van der Waals surface area contributed by atoms with E-state index < -0.39 is 0 Å². The van der Waals surface area contributed by atoms with E-state index in [1.807, 2.05) is 24.3 Å². The Kier molecular flexibility index (Phi) is 2.57. The molecule has 0 aliphatic rings. The molecular formula is C16H11FN4. The molecule has 0 spiro atoms. The average Bonchev–Trinajstić information content (AvgIpc) is 3.16. The third-order valence-corrected chi connectivity index (χ3v) is 3.38. The fourth-order valence-corrected chi connectivity index (χ4v) is 2.42. The molecule has 0 amide bonds. The van der Waals surface area contributed by atoms with Crippen molar-refractivity contribution in [3.05, 3.63) is 60.7 Å². The van der Waals surface area contributed by atoms with E-state index in [0.29, 0.717) is 11.3 Å². The van der Waals surface area contributed by atoms with Crippen LogP contribution in [-0.2, 0) is 0 Å². The predicted octanol–water partition coefficient (Wildman–Crippen LogP) is 3.76. The minimum absolute atomic E-state index is 0.281. The Labute approximate surface area is 119 Å². The number of halogens is 1. The van der Waals surface area contributed by atoms with E-state index in [9.17, 15) is 4.39 Å². The smallest absolute Gasteiger partial charge is 0.139 e. The first-order valence-corrected chi connectivity index (χ1v) is 6.56. The molecule has 0 fully saturated rings. The standard InChI is InChI=1S/C16H11FN4/c17-10-5-6-13-14(9-10)21-16(20-13)12-4-2-1-3-11(12)15-18-7-8-19-15/h1-9H,(H,18,19)(H,20,21). The Morgan fingerprint density at radius 3 is 2.52 bits per heavy atom. The largest absolute Gasteiger partial charge is 0.345 e. The molecule has 102 valence electrons. The number of H-pyrrole nitrogens is 2. The highest BCUT2D eigenvalue weighted by molar-refractivity contribution is 5.84. The van der Waals surface area contributed by atoms with Crippen LogP contribution in [0.5, 0.6) is 0 Å². The summed E-state index contributed by atoms with van der Waals surface area (Å²) in [5, 5.41) is 0. The van der Waals surface area contributed by atoms with Crippen LogP contribution in [0.2, 0.25) is 0 Å². The molecule has 4 rings (SSSR count). The van der Waals surface area contributed by atoms with Crippen molar-refractivity contribution in [2.24, 2.45) is 0 Å². The van der Waals surface area contributed by atoms with Gasteiger partial charge in [0.15, 0.2) is 0 Å². The predicted molar refractivity (Wildman–Crippen MR) is 79.1 cm³/mol. The minimum atomic E-state index is -0.281. The van der Waals surface area contributed by atoms with Gasteiger partial charge < -0.3 is 9.97 Å². The molecule has 4 nitrogen and oxygen atoms in total. The Balaban J connectivity index is 1.93. The molecule has 0 saturated heterocycles. The van der Waals surface area contributed by atoms with E-state index in [0.717, 1.165) is 22.5 Å². The summed E-state index contributed by atoms with van der Waals surface area (Å²) < 4.78 is 13.3. The number of aromatic amines is 2. The number of imidazole rings is 2. The number of rotatable bonds is 2. The monoisotopic (exact) mass is 278 g/mol. The number of fused-ring (bicyclic) bond motifs is 1. The van der Waals surface area contributed by atoms with Gasteiger partial charge in [0.05, 0.1) is 11.0 Å². The number of hydrogen-bond acceptors (Lipinski definition) is 2. The first-order valence-electron chi connectivity index (χ1n) is 6.56. The molecule has 2 N–H and O–H groups in total. The van der Waals surface area contributed by atoms with Gasteiger partial charge in [-0.25, -0.2) is 14.4 Å². The van der Waals surface area contributed by atoms with Gasteiger partial charge in [0.2, 0.25) is 0 Å². The van der Waals surface area contributed by atoms with Gasteiger partial charge >= 0.3 is 0 Å². The quantitative estimate of drug-likeness (QED) is 0.586. The van der Waals surface area contributed by atoms with E-state index in [1.165, 1.54) is 12.1 Å². The molecule has 4 aromatic rings. The number of hydrogen-bond donors (Lipinski definition) is 2. The molecule has 0 aliphatic carbocycles. The Hall–Kier alpha value is -2.95. The normalized spacial score (nSPS) is 11.1. The van der Waals surface area contributed by atoms with Crippen LogP contribution < -0.4 is 0 Å². The van der Waals surface area contributed by atoms with Crippen molar-refractivity contribution in [2.75, 3.05) is 0 Å². The highest BCUT2D eigenvalue weighted by atomic mass is 19.1. The van der Waals surface area contributed by atoms with Crippen LogP contribution in [0.15, 0.2) is 54.9 Å². The van der Waals surface area contributed by atoms with Gasteiger partial charge in [0.1, 0.15) is 17.5 Å². The molecular weight excluding hydrogens is 267 g/mol. The summed E-state index contributed by atoms with van der Waals surface area (Å²) in [7, 11) is 0. The Bertz CT molecular complexity index is 909. The van der Waals surface area contributed by atoms with Gasteiger partial charge in [-0.1, -0.05) is 24.3 Å². The van der Waals surface area contributed by atoms with Gasteiger partial charge in [-0.2, -0.15) is 0 Å². The lowest BCUT2D eigenvalue weighted by molar-refractivity contribution is 0.629. The van der Waals surface area contributed by atoms with Gasteiger partial charge in [0, 0.05) is 23.5 Å². The first-order chi connectivity index (χ1) is 10.3. The molecule has 0 saturated carbocycles. The Morgan fingerprint density at radius 2 is 1.76 bits per heavy atom. The van der Waals surface area contributed by atoms with Gasteiger partial charge in [0.25, 0.3) is 0 Å². The van der Waals surface area contributed by atoms with Crippen molar-refractivity contribution in [2.45, 2.75) is 0 Å². The summed E-state index contributed by atoms with van der Waals surface area (Å²) in [6.45, 7) is 0. The number of aromatic nitrogens is 4. The molecule has 5 heteroatoms.